The summed E-state index contributed by atoms with van der Waals surface area (Å²) in [4.78, 5) is 23.9. The van der Waals surface area contributed by atoms with Crippen LogP contribution in [0.15, 0.2) is 82.0 Å². The van der Waals surface area contributed by atoms with Gasteiger partial charge in [-0.15, -0.1) is 0 Å². The van der Waals surface area contributed by atoms with Crippen LogP contribution in [0.2, 0.25) is 0 Å². The average molecular weight is 315 g/mol. The highest BCUT2D eigenvalue weighted by atomic mass is 16.4. The van der Waals surface area contributed by atoms with Crippen LogP contribution in [0.1, 0.15) is 10.4 Å². The zero-order valence-electron chi connectivity index (χ0n) is 12.7. The van der Waals surface area contributed by atoms with E-state index < -0.39 is 5.63 Å². The maximum absolute atomic E-state index is 12.6. The number of benzene rings is 3. The zero-order chi connectivity index (χ0) is 16.5. The van der Waals surface area contributed by atoms with Crippen molar-refractivity contribution < 1.29 is 9.21 Å². The number of anilines is 1. The molecule has 1 heterocycles. The van der Waals surface area contributed by atoms with Crippen molar-refractivity contribution >= 4 is 33.3 Å². The number of hydrogen-bond acceptors (Lipinski definition) is 3. The molecule has 4 aromatic rings. The van der Waals surface area contributed by atoms with Gasteiger partial charge in [0.25, 0.3) is 5.91 Å². The number of rotatable bonds is 2. The largest absolute Gasteiger partial charge is 0.423 e. The summed E-state index contributed by atoms with van der Waals surface area (Å²) < 4.78 is 5.10. The molecule has 4 heteroatoms. The van der Waals surface area contributed by atoms with Crippen LogP contribution in [0.5, 0.6) is 0 Å². The van der Waals surface area contributed by atoms with Crippen molar-refractivity contribution in [1.29, 1.82) is 0 Å². The summed E-state index contributed by atoms with van der Waals surface area (Å²) in [7, 11) is 0. The Hall–Kier alpha value is -3.40. The molecule has 4 rings (SSSR count). The second-order valence-corrected chi connectivity index (χ2v) is 5.49. The molecular weight excluding hydrogens is 302 g/mol. The van der Waals surface area contributed by atoms with E-state index in [9.17, 15) is 9.59 Å². The summed E-state index contributed by atoms with van der Waals surface area (Å²) in [5.41, 5.74) is 1.36. The summed E-state index contributed by atoms with van der Waals surface area (Å²) >= 11 is 0. The quantitative estimate of drug-likeness (QED) is 0.564. The smallest absolute Gasteiger partial charge is 0.336 e. The van der Waals surface area contributed by atoms with Crippen LogP contribution >= 0.6 is 0 Å². The first-order valence-corrected chi connectivity index (χ1v) is 7.54. The van der Waals surface area contributed by atoms with Crippen molar-refractivity contribution in [3.05, 3.63) is 88.8 Å². The topological polar surface area (TPSA) is 59.3 Å². The summed E-state index contributed by atoms with van der Waals surface area (Å²) in [6.45, 7) is 0. The minimum absolute atomic E-state index is 0.177. The minimum atomic E-state index is -0.393. The highest BCUT2D eigenvalue weighted by molar-refractivity contribution is 6.13. The van der Waals surface area contributed by atoms with E-state index in [0.717, 1.165) is 16.2 Å². The molecule has 0 aliphatic carbocycles. The first-order chi connectivity index (χ1) is 11.7. The molecule has 0 fully saturated rings. The first-order valence-electron chi connectivity index (χ1n) is 7.54. The summed E-state index contributed by atoms with van der Waals surface area (Å²) in [6.07, 6.45) is 0. The monoisotopic (exact) mass is 315 g/mol. The fourth-order valence-electron chi connectivity index (χ4n) is 2.77. The number of nitrogens with one attached hydrogen (secondary N) is 1. The van der Waals surface area contributed by atoms with Gasteiger partial charge in [0.2, 0.25) is 0 Å². The van der Waals surface area contributed by atoms with E-state index in [1.54, 1.807) is 30.3 Å². The van der Waals surface area contributed by atoms with Gasteiger partial charge in [-0.05, 0) is 41.1 Å². The van der Waals surface area contributed by atoms with Gasteiger partial charge in [0.05, 0.1) is 0 Å². The maximum Gasteiger partial charge on any atom is 0.336 e. The molecule has 24 heavy (non-hydrogen) atoms. The zero-order valence-corrected chi connectivity index (χ0v) is 12.7. The number of carbonyl (C=O) groups excluding carboxylic acids is 1. The lowest BCUT2D eigenvalue weighted by Gasteiger charge is -2.08. The molecular formula is C20H13NO3. The summed E-state index contributed by atoms with van der Waals surface area (Å²) in [5.74, 6) is -0.177. The lowest BCUT2D eigenvalue weighted by atomic mass is 10.0. The Morgan fingerprint density at radius 2 is 1.67 bits per heavy atom. The molecule has 3 aromatic carbocycles. The van der Waals surface area contributed by atoms with E-state index in [1.165, 1.54) is 6.07 Å². The SMILES string of the molecule is O=C(Nc1ccc2oc(=O)ccc2c1)c1cccc2ccccc12. The highest BCUT2D eigenvalue weighted by Crippen LogP contribution is 2.21. The third kappa shape index (κ3) is 2.54. The molecule has 1 aromatic heterocycles. The van der Waals surface area contributed by atoms with Gasteiger partial charge in [-0.1, -0.05) is 36.4 Å². The van der Waals surface area contributed by atoms with Gasteiger partial charge >= 0.3 is 5.63 Å². The van der Waals surface area contributed by atoms with Crippen LogP contribution < -0.4 is 10.9 Å². The predicted octanol–water partition coefficient (Wildman–Crippen LogP) is 4.20. The van der Waals surface area contributed by atoms with E-state index in [1.807, 2.05) is 36.4 Å². The van der Waals surface area contributed by atoms with Gasteiger partial charge in [-0.3, -0.25) is 4.79 Å². The Kier molecular flexibility index (Phi) is 3.35. The molecule has 116 valence electrons. The van der Waals surface area contributed by atoms with Gasteiger partial charge in [0.1, 0.15) is 5.58 Å². The molecule has 0 radical (unpaired) electrons. The minimum Gasteiger partial charge on any atom is -0.423 e. The fraction of sp³-hybridized carbons (Fsp3) is 0. The van der Waals surface area contributed by atoms with Crippen LogP contribution in [0.4, 0.5) is 5.69 Å². The van der Waals surface area contributed by atoms with Crippen molar-refractivity contribution in [2.24, 2.45) is 0 Å². The van der Waals surface area contributed by atoms with Crippen molar-refractivity contribution in [2.75, 3.05) is 5.32 Å². The van der Waals surface area contributed by atoms with Gasteiger partial charge in [-0.2, -0.15) is 0 Å². The Morgan fingerprint density at radius 1 is 0.833 bits per heavy atom. The van der Waals surface area contributed by atoms with E-state index >= 15 is 0 Å². The van der Waals surface area contributed by atoms with Crippen molar-refractivity contribution in [3.63, 3.8) is 0 Å². The Labute approximate surface area is 137 Å². The average Bonchev–Trinajstić information content (AvgIpc) is 2.61. The van der Waals surface area contributed by atoms with Crippen molar-refractivity contribution in [2.45, 2.75) is 0 Å². The fourth-order valence-corrected chi connectivity index (χ4v) is 2.77. The molecule has 4 nitrogen and oxygen atoms in total. The summed E-state index contributed by atoms with van der Waals surface area (Å²) in [5, 5.41) is 5.58. The molecule has 0 saturated heterocycles. The van der Waals surface area contributed by atoms with Crippen LogP contribution in [-0.4, -0.2) is 5.91 Å². The molecule has 0 unspecified atom stereocenters. The Bertz CT molecular complexity index is 1120. The summed E-state index contributed by atoms with van der Waals surface area (Å²) in [6, 6.07) is 21.6. The standard InChI is InChI=1S/C20H13NO3/c22-19-11-8-14-12-15(9-10-18(14)24-19)21-20(23)17-7-3-5-13-4-1-2-6-16(13)17/h1-12H,(H,21,23). The molecule has 1 N–H and O–H groups in total. The van der Waals surface area contributed by atoms with E-state index in [-0.39, 0.29) is 5.91 Å². The second kappa shape index (κ2) is 5.66. The molecule has 0 bridgehead atoms. The normalized spacial score (nSPS) is 10.8. The lowest BCUT2D eigenvalue weighted by Crippen LogP contribution is -2.12. The molecule has 0 spiro atoms. The molecule has 0 atom stereocenters. The predicted molar refractivity (Wildman–Crippen MR) is 94.4 cm³/mol. The molecule has 0 aliphatic heterocycles. The molecule has 1 amide bonds. The van der Waals surface area contributed by atoms with Crippen LogP contribution in [-0.2, 0) is 0 Å². The second-order valence-electron chi connectivity index (χ2n) is 5.49. The number of carbonyl (C=O) groups is 1. The molecule has 0 aliphatic rings. The maximum atomic E-state index is 12.6. The van der Waals surface area contributed by atoms with E-state index in [2.05, 4.69) is 5.32 Å². The van der Waals surface area contributed by atoms with E-state index in [4.69, 9.17) is 4.42 Å². The van der Waals surface area contributed by atoms with E-state index in [0.29, 0.717) is 16.8 Å². The number of amides is 1. The lowest BCUT2D eigenvalue weighted by molar-refractivity contribution is 0.102. The molecule has 0 saturated carbocycles. The van der Waals surface area contributed by atoms with Crippen LogP contribution in [0.3, 0.4) is 0 Å². The highest BCUT2D eigenvalue weighted by Gasteiger charge is 2.10. The third-order valence-corrected chi connectivity index (χ3v) is 3.91. The number of hydrogen-bond donors (Lipinski definition) is 1. The van der Waals surface area contributed by atoms with Crippen molar-refractivity contribution in [1.82, 2.24) is 0 Å². The first kappa shape index (κ1) is 14.2. The van der Waals surface area contributed by atoms with Crippen LogP contribution in [0, 0.1) is 0 Å². The van der Waals surface area contributed by atoms with Crippen molar-refractivity contribution in [3.8, 4) is 0 Å². The Morgan fingerprint density at radius 3 is 2.58 bits per heavy atom. The Balaban J connectivity index is 1.70. The third-order valence-electron chi connectivity index (χ3n) is 3.91. The number of fused-ring (bicyclic) bond motifs is 2. The van der Waals surface area contributed by atoms with Crippen LogP contribution in [0.25, 0.3) is 21.7 Å². The van der Waals surface area contributed by atoms with Gasteiger partial charge < -0.3 is 9.73 Å². The van der Waals surface area contributed by atoms with Gasteiger partial charge in [-0.25, -0.2) is 4.79 Å². The van der Waals surface area contributed by atoms with Gasteiger partial charge in [0, 0.05) is 22.7 Å². The van der Waals surface area contributed by atoms with Gasteiger partial charge in [0.15, 0.2) is 0 Å².